The molecule has 3 aromatic rings. The third-order valence-electron chi connectivity index (χ3n) is 5.00. The Labute approximate surface area is 182 Å². The number of hydrogen-bond donors (Lipinski definition) is 1. The molecule has 1 atom stereocenters. The first kappa shape index (κ1) is 22.5. The molecule has 5 nitrogen and oxygen atoms in total. The summed E-state index contributed by atoms with van der Waals surface area (Å²) in [5.41, 5.74) is 2.32. The molecule has 0 bridgehead atoms. The van der Waals surface area contributed by atoms with Gasteiger partial charge in [0.2, 0.25) is 5.91 Å². The number of carbonyl (C=O) groups is 1. The van der Waals surface area contributed by atoms with E-state index in [1.54, 1.807) is 18.2 Å². The molecule has 0 radical (unpaired) electrons. The summed E-state index contributed by atoms with van der Waals surface area (Å²) < 4.78 is 40.9. The van der Waals surface area contributed by atoms with Crippen molar-refractivity contribution in [2.45, 2.75) is 31.2 Å². The quantitative estimate of drug-likeness (QED) is 0.562. The Hall–Kier alpha value is -3.19. The van der Waals surface area contributed by atoms with Crippen molar-refractivity contribution in [2.75, 3.05) is 10.8 Å². The van der Waals surface area contributed by atoms with Crippen LogP contribution in [0.25, 0.3) is 0 Å². The van der Waals surface area contributed by atoms with Gasteiger partial charge in [0.25, 0.3) is 10.0 Å². The minimum absolute atomic E-state index is 0.0512. The predicted molar refractivity (Wildman–Crippen MR) is 120 cm³/mol. The summed E-state index contributed by atoms with van der Waals surface area (Å²) in [5, 5.41) is 2.85. The maximum absolute atomic E-state index is 13.4. The van der Waals surface area contributed by atoms with E-state index in [1.807, 2.05) is 31.2 Å². The summed E-state index contributed by atoms with van der Waals surface area (Å²) in [6.07, 6.45) is 0.922. The minimum Gasteiger partial charge on any atom is -0.348 e. The molecule has 0 aliphatic carbocycles. The number of amides is 1. The molecule has 3 rings (SSSR count). The van der Waals surface area contributed by atoms with Crippen molar-refractivity contribution in [3.63, 3.8) is 0 Å². The van der Waals surface area contributed by atoms with Gasteiger partial charge in [0.15, 0.2) is 0 Å². The Morgan fingerprint density at radius 1 is 0.968 bits per heavy atom. The zero-order chi connectivity index (χ0) is 22.4. The molecule has 0 spiro atoms. The van der Waals surface area contributed by atoms with Gasteiger partial charge in [-0.3, -0.25) is 9.10 Å². The molecule has 0 saturated carbocycles. The van der Waals surface area contributed by atoms with Crippen LogP contribution in [0.2, 0.25) is 0 Å². The second-order valence-electron chi connectivity index (χ2n) is 7.19. The number of anilines is 1. The van der Waals surface area contributed by atoms with Gasteiger partial charge < -0.3 is 5.32 Å². The zero-order valence-corrected chi connectivity index (χ0v) is 18.3. The van der Waals surface area contributed by atoms with Crippen LogP contribution in [0, 0.1) is 5.82 Å². The molecule has 0 aliphatic heterocycles. The summed E-state index contributed by atoms with van der Waals surface area (Å²) in [7, 11) is -4.02. The van der Waals surface area contributed by atoms with Crippen molar-refractivity contribution in [2.24, 2.45) is 0 Å². The van der Waals surface area contributed by atoms with Crippen molar-refractivity contribution in [3.8, 4) is 0 Å². The maximum atomic E-state index is 13.4. The first-order valence-electron chi connectivity index (χ1n) is 10.0. The molecule has 0 heterocycles. The normalized spacial score (nSPS) is 12.2. The lowest BCUT2D eigenvalue weighted by molar-refractivity contribution is -0.120. The van der Waals surface area contributed by atoms with Crippen LogP contribution in [0.5, 0.6) is 0 Å². The van der Waals surface area contributed by atoms with Crippen molar-refractivity contribution >= 4 is 21.6 Å². The molecule has 0 unspecified atom stereocenters. The van der Waals surface area contributed by atoms with E-state index < -0.39 is 28.3 Å². The van der Waals surface area contributed by atoms with Gasteiger partial charge in [-0.05, 0) is 60.9 Å². The van der Waals surface area contributed by atoms with E-state index >= 15 is 0 Å². The van der Waals surface area contributed by atoms with Gasteiger partial charge in [-0.15, -0.1) is 0 Å². The fourth-order valence-corrected chi connectivity index (χ4v) is 4.63. The Morgan fingerprint density at radius 3 is 2.16 bits per heavy atom. The SMILES string of the molecule is CCc1ccc([C@H](C)NC(=O)CN(c2ccc(F)cc2)S(=O)(=O)c2ccccc2)cc1. The monoisotopic (exact) mass is 440 g/mol. The number of aryl methyl sites for hydroxylation is 1. The molecule has 162 valence electrons. The molecule has 0 fully saturated rings. The van der Waals surface area contributed by atoms with Crippen molar-refractivity contribution in [1.82, 2.24) is 5.32 Å². The number of hydrogen-bond acceptors (Lipinski definition) is 3. The lowest BCUT2D eigenvalue weighted by Gasteiger charge is -2.25. The number of benzene rings is 3. The molecule has 1 N–H and O–H groups in total. The third-order valence-corrected chi connectivity index (χ3v) is 6.79. The third kappa shape index (κ3) is 5.49. The number of rotatable bonds is 8. The maximum Gasteiger partial charge on any atom is 0.264 e. The second kappa shape index (κ2) is 9.75. The molecule has 7 heteroatoms. The topological polar surface area (TPSA) is 66.5 Å². The average Bonchev–Trinajstić information content (AvgIpc) is 2.78. The van der Waals surface area contributed by atoms with Crippen LogP contribution >= 0.6 is 0 Å². The van der Waals surface area contributed by atoms with E-state index in [1.165, 1.54) is 42.0 Å². The lowest BCUT2D eigenvalue weighted by Crippen LogP contribution is -2.41. The van der Waals surface area contributed by atoms with Crippen LogP contribution in [-0.4, -0.2) is 20.9 Å². The predicted octanol–water partition coefficient (Wildman–Crippen LogP) is 4.46. The van der Waals surface area contributed by atoms with Gasteiger partial charge in [-0.2, -0.15) is 0 Å². The largest absolute Gasteiger partial charge is 0.348 e. The highest BCUT2D eigenvalue weighted by Gasteiger charge is 2.27. The van der Waals surface area contributed by atoms with Crippen LogP contribution in [0.1, 0.15) is 31.0 Å². The second-order valence-corrected chi connectivity index (χ2v) is 9.05. The zero-order valence-electron chi connectivity index (χ0n) is 17.5. The van der Waals surface area contributed by atoms with Crippen LogP contribution < -0.4 is 9.62 Å². The number of nitrogens with zero attached hydrogens (tertiary/aromatic N) is 1. The molecule has 0 aromatic heterocycles. The summed E-state index contributed by atoms with van der Waals surface area (Å²) in [4.78, 5) is 12.8. The highest BCUT2D eigenvalue weighted by molar-refractivity contribution is 7.92. The van der Waals surface area contributed by atoms with Crippen molar-refractivity contribution in [1.29, 1.82) is 0 Å². The van der Waals surface area contributed by atoms with Crippen molar-refractivity contribution in [3.05, 3.63) is 95.8 Å². The van der Waals surface area contributed by atoms with E-state index in [-0.39, 0.29) is 16.6 Å². The Morgan fingerprint density at radius 2 is 1.58 bits per heavy atom. The molecule has 0 aliphatic rings. The number of sulfonamides is 1. The number of carbonyl (C=O) groups excluding carboxylic acids is 1. The standard InChI is InChI=1S/C24H25FN2O3S/c1-3-19-9-11-20(12-10-19)18(2)26-24(28)17-27(22-15-13-21(25)14-16-22)31(29,30)23-7-5-4-6-8-23/h4-16,18H,3,17H2,1-2H3,(H,26,28)/t18-/m0/s1. The van der Waals surface area contributed by atoms with E-state index in [9.17, 15) is 17.6 Å². The van der Waals surface area contributed by atoms with E-state index in [0.717, 1.165) is 16.3 Å². The molecule has 0 saturated heterocycles. The fraction of sp³-hybridized carbons (Fsp3) is 0.208. The van der Waals surface area contributed by atoms with E-state index in [2.05, 4.69) is 12.2 Å². The van der Waals surface area contributed by atoms with Crippen LogP contribution in [0.4, 0.5) is 10.1 Å². The molecule has 1 amide bonds. The van der Waals surface area contributed by atoms with Crippen molar-refractivity contribution < 1.29 is 17.6 Å². The smallest absolute Gasteiger partial charge is 0.264 e. The van der Waals surface area contributed by atoms with Gasteiger partial charge in [-0.1, -0.05) is 49.4 Å². The van der Waals surface area contributed by atoms with Crippen LogP contribution in [-0.2, 0) is 21.2 Å². The first-order chi connectivity index (χ1) is 14.8. The highest BCUT2D eigenvalue weighted by atomic mass is 32.2. The average molecular weight is 441 g/mol. The van der Waals surface area contributed by atoms with Gasteiger partial charge >= 0.3 is 0 Å². The molecule has 3 aromatic carbocycles. The highest BCUT2D eigenvalue weighted by Crippen LogP contribution is 2.24. The minimum atomic E-state index is -4.02. The van der Waals surface area contributed by atoms with Crippen LogP contribution in [0.3, 0.4) is 0 Å². The Kier molecular flexibility index (Phi) is 7.07. The van der Waals surface area contributed by atoms with E-state index in [0.29, 0.717) is 0 Å². The summed E-state index contributed by atoms with van der Waals surface area (Å²) >= 11 is 0. The Balaban J connectivity index is 1.84. The van der Waals surface area contributed by atoms with Crippen LogP contribution in [0.15, 0.2) is 83.8 Å². The molecular formula is C24H25FN2O3S. The Bertz CT molecular complexity index is 1120. The van der Waals surface area contributed by atoms with Gasteiger partial charge in [0.05, 0.1) is 16.6 Å². The lowest BCUT2D eigenvalue weighted by atomic mass is 10.1. The van der Waals surface area contributed by atoms with Gasteiger partial charge in [0, 0.05) is 0 Å². The molecular weight excluding hydrogens is 415 g/mol. The summed E-state index contributed by atoms with van der Waals surface area (Å²) in [6.45, 7) is 3.48. The summed E-state index contributed by atoms with van der Waals surface area (Å²) in [6, 6.07) is 20.5. The number of halogens is 1. The van der Waals surface area contributed by atoms with Gasteiger partial charge in [-0.25, -0.2) is 12.8 Å². The first-order valence-corrected chi connectivity index (χ1v) is 11.5. The molecule has 31 heavy (non-hydrogen) atoms. The number of nitrogens with one attached hydrogen (secondary N) is 1. The fourth-order valence-electron chi connectivity index (χ4n) is 3.19. The van der Waals surface area contributed by atoms with Gasteiger partial charge in [0.1, 0.15) is 12.4 Å². The van der Waals surface area contributed by atoms with E-state index in [4.69, 9.17) is 0 Å². The summed E-state index contributed by atoms with van der Waals surface area (Å²) in [5.74, 6) is -0.953.